The van der Waals surface area contributed by atoms with Crippen molar-refractivity contribution in [3.8, 4) is 5.75 Å². The van der Waals surface area contributed by atoms with E-state index in [0.717, 1.165) is 22.1 Å². The molecule has 0 bridgehead atoms. The predicted octanol–water partition coefficient (Wildman–Crippen LogP) is 2.18. The molecule has 1 fully saturated rings. The van der Waals surface area contributed by atoms with Crippen LogP contribution in [0.25, 0.3) is 10.8 Å². The van der Waals surface area contributed by atoms with Gasteiger partial charge < -0.3 is 20.5 Å². The smallest absolute Gasteiger partial charge is 0.243 e. The van der Waals surface area contributed by atoms with Crippen LogP contribution >= 0.6 is 0 Å². The second-order valence-corrected chi connectivity index (χ2v) is 7.20. The van der Waals surface area contributed by atoms with Gasteiger partial charge >= 0.3 is 0 Å². The molecule has 1 saturated heterocycles. The summed E-state index contributed by atoms with van der Waals surface area (Å²) >= 11 is 0. The van der Waals surface area contributed by atoms with Crippen molar-refractivity contribution in [2.45, 2.75) is 31.7 Å². The highest BCUT2D eigenvalue weighted by molar-refractivity contribution is 5.91. The lowest BCUT2D eigenvalue weighted by Crippen LogP contribution is -2.61. The molecule has 1 atom stereocenters. The SMILES string of the molecule is COc1ccc2cc(C[C@H](C)C(=O)NC3(C(N)=O)CCOCC3)ccc2c1. The number of rotatable bonds is 6. The van der Waals surface area contributed by atoms with Gasteiger partial charge in [-0.05, 0) is 34.9 Å². The minimum Gasteiger partial charge on any atom is -0.497 e. The summed E-state index contributed by atoms with van der Waals surface area (Å²) in [6, 6.07) is 12.0. The summed E-state index contributed by atoms with van der Waals surface area (Å²) in [6.45, 7) is 2.71. The van der Waals surface area contributed by atoms with Crippen molar-refractivity contribution in [2.75, 3.05) is 20.3 Å². The average Bonchev–Trinajstić information content (AvgIpc) is 2.68. The Kier molecular flexibility index (Phi) is 5.65. The second kappa shape index (κ2) is 7.96. The van der Waals surface area contributed by atoms with Crippen LogP contribution in [0, 0.1) is 5.92 Å². The van der Waals surface area contributed by atoms with Gasteiger partial charge in [0.05, 0.1) is 7.11 Å². The Morgan fingerprint density at radius 1 is 1.19 bits per heavy atom. The standard InChI is InChI=1S/C21H26N2O4/c1-14(19(24)23-21(20(22)25)7-9-27-10-8-21)11-15-3-4-17-13-18(26-2)6-5-16(17)12-15/h3-6,12-14H,7-11H2,1-2H3,(H2,22,25)(H,23,24)/t14-/m0/s1. The van der Waals surface area contributed by atoms with Crippen molar-refractivity contribution >= 4 is 22.6 Å². The van der Waals surface area contributed by atoms with Crippen molar-refractivity contribution in [3.63, 3.8) is 0 Å². The van der Waals surface area contributed by atoms with E-state index in [1.807, 2.05) is 37.3 Å². The van der Waals surface area contributed by atoms with Gasteiger partial charge in [-0.3, -0.25) is 9.59 Å². The Balaban J connectivity index is 1.70. The summed E-state index contributed by atoms with van der Waals surface area (Å²) in [5.41, 5.74) is 5.64. The molecular weight excluding hydrogens is 344 g/mol. The maximum atomic E-state index is 12.7. The van der Waals surface area contributed by atoms with Gasteiger partial charge in [-0.15, -0.1) is 0 Å². The van der Waals surface area contributed by atoms with Crippen LogP contribution < -0.4 is 15.8 Å². The van der Waals surface area contributed by atoms with Crippen molar-refractivity contribution in [1.29, 1.82) is 0 Å². The van der Waals surface area contributed by atoms with Gasteiger partial charge in [0.25, 0.3) is 0 Å². The fourth-order valence-electron chi connectivity index (χ4n) is 3.49. The number of hydrogen-bond acceptors (Lipinski definition) is 4. The molecule has 6 heteroatoms. The Labute approximate surface area is 159 Å². The molecular formula is C21H26N2O4. The zero-order chi connectivity index (χ0) is 19.4. The summed E-state index contributed by atoms with van der Waals surface area (Å²) in [7, 11) is 1.65. The Hall–Kier alpha value is -2.60. The molecule has 3 N–H and O–H groups in total. The van der Waals surface area contributed by atoms with Gasteiger partial charge in [0.2, 0.25) is 11.8 Å². The number of nitrogens with two attached hydrogens (primary N) is 1. The lowest BCUT2D eigenvalue weighted by atomic mass is 9.88. The number of methoxy groups -OCH3 is 1. The van der Waals surface area contributed by atoms with E-state index in [0.29, 0.717) is 32.5 Å². The predicted molar refractivity (Wildman–Crippen MR) is 103 cm³/mol. The number of hydrogen-bond donors (Lipinski definition) is 2. The minimum absolute atomic E-state index is 0.162. The zero-order valence-corrected chi connectivity index (χ0v) is 15.8. The molecule has 0 aliphatic carbocycles. The molecule has 144 valence electrons. The van der Waals surface area contributed by atoms with Crippen molar-refractivity contribution < 1.29 is 19.1 Å². The molecule has 27 heavy (non-hydrogen) atoms. The number of nitrogens with one attached hydrogen (secondary N) is 1. The van der Waals surface area contributed by atoms with Crippen LogP contribution in [0.2, 0.25) is 0 Å². The van der Waals surface area contributed by atoms with Crippen LogP contribution in [0.15, 0.2) is 36.4 Å². The van der Waals surface area contributed by atoms with Gasteiger partial charge in [-0.2, -0.15) is 0 Å². The fraction of sp³-hybridized carbons (Fsp3) is 0.429. The van der Waals surface area contributed by atoms with Gasteiger partial charge in [0.1, 0.15) is 11.3 Å². The molecule has 2 aromatic rings. The van der Waals surface area contributed by atoms with E-state index in [1.165, 1.54) is 0 Å². The highest BCUT2D eigenvalue weighted by Gasteiger charge is 2.40. The van der Waals surface area contributed by atoms with Crippen LogP contribution in [-0.4, -0.2) is 37.7 Å². The van der Waals surface area contributed by atoms with E-state index in [9.17, 15) is 9.59 Å². The number of ether oxygens (including phenoxy) is 2. The number of fused-ring (bicyclic) bond motifs is 1. The molecule has 0 unspecified atom stereocenters. The molecule has 0 radical (unpaired) electrons. The Morgan fingerprint density at radius 2 is 1.85 bits per heavy atom. The largest absolute Gasteiger partial charge is 0.497 e. The monoisotopic (exact) mass is 370 g/mol. The summed E-state index contributed by atoms with van der Waals surface area (Å²) < 4.78 is 10.6. The maximum absolute atomic E-state index is 12.7. The Morgan fingerprint density at radius 3 is 2.52 bits per heavy atom. The maximum Gasteiger partial charge on any atom is 0.243 e. The molecule has 2 amide bonds. The normalized spacial score (nSPS) is 17.3. The lowest BCUT2D eigenvalue weighted by Gasteiger charge is -2.35. The van der Waals surface area contributed by atoms with Crippen molar-refractivity contribution in [1.82, 2.24) is 5.32 Å². The highest BCUT2D eigenvalue weighted by Crippen LogP contribution is 2.24. The summed E-state index contributed by atoms with van der Waals surface area (Å²) in [5, 5.41) is 5.08. The molecule has 3 rings (SSSR count). The molecule has 1 aliphatic heterocycles. The molecule has 6 nitrogen and oxygen atoms in total. The van der Waals surface area contributed by atoms with Crippen molar-refractivity contribution in [3.05, 3.63) is 42.0 Å². The Bertz CT molecular complexity index is 843. The molecule has 1 heterocycles. The van der Waals surface area contributed by atoms with Crippen LogP contribution in [0.4, 0.5) is 0 Å². The fourth-order valence-corrected chi connectivity index (χ4v) is 3.49. The van der Waals surface area contributed by atoms with Gasteiger partial charge in [0, 0.05) is 32.0 Å². The molecule has 2 aromatic carbocycles. The molecule has 0 aromatic heterocycles. The molecule has 0 saturated carbocycles. The summed E-state index contributed by atoms with van der Waals surface area (Å²) in [6.07, 6.45) is 1.41. The van der Waals surface area contributed by atoms with Crippen molar-refractivity contribution in [2.24, 2.45) is 11.7 Å². The quantitative estimate of drug-likeness (QED) is 0.815. The minimum atomic E-state index is -0.996. The average molecular weight is 370 g/mol. The van der Waals surface area contributed by atoms with E-state index >= 15 is 0 Å². The third-order valence-electron chi connectivity index (χ3n) is 5.28. The van der Waals surface area contributed by atoms with E-state index in [-0.39, 0.29) is 11.8 Å². The number of carbonyl (C=O) groups excluding carboxylic acids is 2. The first kappa shape index (κ1) is 19.2. The third kappa shape index (κ3) is 4.22. The van der Waals surface area contributed by atoms with E-state index < -0.39 is 11.4 Å². The van der Waals surface area contributed by atoms with E-state index in [4.69, 9.17) is 15.2 Å². The number of primary amides is 1. The zero-order valence-electron chi connectivity index (χ0n) is 15.8. The first-order chi connectivity index (χ1) is 12.9. The van der Waals surface area contributed by atoms with Gasteiger partial charge in [-0.25, -0.2) is 0 Å². The second-order valence-electron chi connectivity index (χ2n) is 7.20. The highest BCUT2D eigenvalue weighted by atomic mass is 16.5. The van der Waals surface area contributed by atoms with E-state index in [2.05, 4.69) is 11.4 Å². The lowest BCUT2D eigenvalue weighted by molar-refractivity contribution is -0.137. The van der Waals surface area contributed by atoms with Crippen LogP contribution in [0.5, 0.6) is 5.75 Å². The summed E-state index contributed by atoms with van der Waals surface area (Å²) in [5.74, 6) is -0.118. The van der Waals surface area contributed by atoms with Crippen LogP contribution in [0.3, 0.4) is 0 Å². The topological polar surface area (TPSA) is 90.6 Å². The molecule has 0 spiro atoms. The van der Waals surface area contributed by atoms with E-state index in [1.54, 1.807) is 7.11 Å². The van der Waals surface area contributed by atoms with Gasteiger partial charge in [-0.1, -0.05) is 31.2 Å². The summed E-state index contributed by atoms with van der Waals surface area (Å²) in [4.78, 5) is 24.6. The number of carbonyl (C=O) groups is 2. The third-order valence-corrected chi connectivity index (χ3v) is 5.28. The first-order valence-corrected chi connectivity index (χ1v) is 9.20. The van der Waals surface area contributed by atoms with Gasteiger partial charge in [0.15, 0.2) is 0 Å². The first-order valence-electron chi connectivity index (χ1n) is 9.20. The number of benzene rings is 2. The molecule has 1 aliphatic rings. The van der Waals surface area contributed by atoms with Crippen LogP contribution in [-0.2, 0) is 20.7 Å². The number of amides is 2. The van der Waals surface area contributed by atoms with Crippen LogP contribution in [0.1, 0.15) is 25.3 Å².